The van der Waals surface area contributed by atoms with Gasteiger partial charge in [-0.1, -0.05) is 89.8 Å². The van der Waals surface area contributed by atoms with Crippen LogP contribution in [0.15, 0.2) is 72.8 Å². The van der Waals surface area contributed by atoms with Crippen molar-refractivity contribution in [3.8, 4) is 5.75 Å². The van der Waals surface area contributed by atoms with Crippen molar-refractivity contribution in [2.45, 2.75) is 88.2 Å². The summed E-state index contributed by atoms with van der Waals surface area (Å²) >= 11 is 0. The molecule has 2 aromatic carbocycles. The highest BCUT2D eigenvalue weighted by molar-refractivity contribution is 5.81. The third kappa shape index (κ3) is 15.7. The van der Waals surface area contributed by atoms with Crippen molar-refractivity contribution in [3.63, 3.8) is 0 Å². The zero-order valence-corrected chi connectivity index (χ0v) is 28.5. The van der Waals surface area contributed by atoms with E-state index in [2.05, 4.69) is 63.0 Å². The lowest BCUT2D eigenvalue weighted by Gasteiger charge is -2.21. The Kier molecular flexibility index (Phi) is 24.9. The smallest absolute Gasteiger partial charge is 0.227 e. The van der Waals surface area contributed by atoms with E-state index in [0.717, 1.165) is 17.7 Å². The van der Waals surface area contributed by atoms with Gasteiger partial charge < -0.3 is 20.1 Å². The van der Waals surface area contributed by atoms with Gasteiger partial charge in [0, 0.05) is 26.2 Å². The molecular weight excluding hydrogens is 520 g/mol. The summed E-state index contributed by atoms with van der Waals surface area (Å²) < 4.78 is 5.11. The summed E-state index contributed by atoms with van der Waals surface area (Å²) in [5.74, 6) is 0.910. The van der Waals surface area contributed by atoms with Gasteiger partial charge in [0.1, 0.15) is 5.75 Å². The number of rotatable bonds is 13. The van der Waals surface area contributed by atoms with Crippen molar-refractivity contribution >= 4 is 11.5 Å². The monoisotopic (exact) mass is 580 g/mol. The molecular formula is C37H60N2O3. The van der Waals surface area contributed by atoms with Gasteiger partial charge in [0.2, 0.25) is 5.91 Å². The number of likely N-dealkylation sites (N-methyl/N-ethyl adjacent to an activating group) is 1. The van der Waals surface area contributed by atoms with E-state index in [1.807, 2.05) is 83.7 Å². The average molecular weight is 581 g/mol. The first kappa shape index (κ1) is 41.0. The number of allylic oxidation sites excluding steroid dienone is 5. The molecule has 0 aliphatic heterocycles. The molecule has 0 saturated heterocycles. The molecule has 42 heavy (non-hydrogen) atoms. The molecule has 5 nitrogen and oxygen atoms in total. The van der Waals surface area contributed by atoms with Gasteiger partial charge in [-0.05, 0) is 86.6 Å². The van der Waals surface area contributed by atoms with E-state index in [-0.39, 0.29) is 12.0 Å². The number of amides is 1. The number of aryl methyl sites for hydroxylation is 2. The molecule has 1 unspecified atom stereocenters. The maximum atomic E-state index is 12.3. The topological polar surface area (TPSA) is 61.8 Å². The summed E-state index contributed by atoms with van der Waals surface area (Å²) in [5, 5.41) is 12.6. The third-order valence-corrected chi connectivity index (χ3v) is 6.47. The Balaban J connectivity index is 0. The molecule has 1 atom stereocenters. The van der Waals surface area contributed by atoms with Crippen LogP contribution in [-0.2, 0) is 11.2 Å². The summed E-state index contributed by atoms with van der Waals surface area (Å²) in [5.41, 5.74) is 7.43. The van der Waals surface area contributed by atoms with Gasteiger partial charge in [-0.3, -0.25) is 4.79 Å². The molecule has 0 spiro atoms. The largest absolute Gasteiger partial charge is 0.497 e. The minimum Gasteiger partial charge on any atom is -0.497 e. The second kappa shape index (κ2) is 25.6. The molecule has 2 rings (SSSR count). The molecule has 236 valence electrons. The van der Waals surface area contributed by atoms with Gasteiger partial charge >= 0.3 is 0 Å². The Morgan fingerprint density at radius 1 is 1.05 bits per heavy atom. The van der Waals surface area contributed by atoms with Crippen molar-refractivity contribution in [2.75, 3.05) is 33.3 Å². The molecule has 5 heteroatoms. The van der Waals surface area contributed by atoms with Crippen molar-refractivity contribution in [1.29, 1.82) is 0 Å². The molecule has 0 heterocycles. The lowest BCUT2D eigenvalue weighted by atomic mass is 9.92. The molecule has 0 fully saturated rings. The van der Waals surface area contributed by atoms with Crippen LogP contribution in [-0.4, -0.2) is 55.3 Å². The van der Waals surface area contributed by atoms with Crippen LogP contribution >= 0.6 is 0 Å². The van der Waals surface area contributed by atoms with Crippen LogP contribution in [0.5, 0.6) is 5.75 Å². The lowest BCUT2D eigenvalue weighted by Crippen LogP contribution is -2.39. The molecule has 2 aromatic rings. The highest BCUT2D eigenvalue weighted by Crippen LogP contribution is 2.27. The van der Waals surface area contributed by atoms with E-state index >= 15 is 0 Å². The fourth-order valence-corrected chi connectivity index (χ4v) is 4.04. The number of ether oxygens (including phenoxy) is 1. The molecule has 0 aromatic heterocycles. The predicted molar refractivity (Wildman–Crippen MR) is 184 cm³/mol. The Morgan fingerprint density at radius 2 is 1.62 bits per heavy atom. The summed E-state index contributed by atoms with van der Waals surface area (Å²) in [6, 6.07) is 14.0. The maximum Gasteiger partial charge on any atom is 0.227 e. The van der Waals surface area contributed by atoms with Crippen LogP contribution in [0.2, 0.25) is 0 Å². The number of nitrogens with zero attached hydrogens (tertiary/aromatic N) is 1. The van der Waals surface area contributed by atoms with Crippen LogP contribution in [0.3, 0.4) is 0 Å². The van der Waals surface area contributed by atoms with E-state index in [0.29, 0.717) is 32.6 Å². The second-order valence-electron chi connectivity index (χ2n) is 9.33. The number of carbonyl (C=O) groups is 1. The number of hydrogen-bond donors (Lipinski definition) is 2. The SMILES string of the molecule is C=C/C(C)=C(\C=C/C)c1c(C)cccc1C.CC.CC.CCC(O)CNCCN(CC)C(=O)Cc1ccc(OC)cc1. The van der Waals surface area contributed by atoms with Gasteiger partial charge in [-0.15, -0.1) is 0 Å². The summed E-state index contributed by atoms with van der Waals surface area (Å²) in [6.07, 6.45) is 6.98. The molecule has 2 N–H and O–H groups in total. The summed E-state index contributed by atoms with van der Waals surface area (Å²) in [6.45, 7) is 26.9. The van der Waals surface area contributed by atoms with Crippen LogP contribution in [0.4, 0.5) is 0 Å². The Labute approximate surface area is 258 Å². The summed E-state index contributed by atoms with van der Waals surface area (Å²) in [7, 11) is 1.63. The molecule has 0 radical (unpaired) electrons. The van der Waals surface area contributed by atoms with E-state index in [4.69, 9.17) is 4.74 Å². The minimum atomic E-state index is -0.315. The Bertz CT molecular complexity index is 1030. The number of carbonyl (C=O) groups excluding carboxylic acids is 1. The second-order valence-corrected chi connectivity index (χ2v) is 9.33. The normalized spacial score (nSPS) is 11.4. The van der Waals surface area contributed by atoms with E-state index in [1.165, 1.54) is 27.8 Å². The zero-order valence-electron chi connectivity index (χ0n) is 28.5. The van der Waals surface area contributed by atoms with Crippen LogP contribution in [0.25, 0.3) is 5.57 Å². The summed E-state index contributed by atoms with van der Waals surface area (Å²) in [4.78, 5) is 14.1. The highest BCUT2D eigenvalue weighted by Gasteiger charge is 2.12. The number of methoxy groups -OCH3 is 1. The molecule has 0 bridgehead atoms. The third-order valence-electron chi connectivity index (χ3n) is 6.47. The molecule has 0 saturated carbocycles. The number of benzene rings is 2. The quantitative estimate of drug-likeness (QED) is 0.185. The highest BCUT2D eigenvalue weighted by atomic mass is 16.5. The number of nitrogens with one attached hydrogen (secondary N) is 1. The standard InChI is InChI=1S/C17H28N2O3.C16H20.2C2H6/c1-4-15(20)13-18-10-11-19(5-2)17(21)12-14-6-8-16(22-3)9-7-14;1-6-9-15(12(3)7-2)16-13(4)10-8-11-14(16)5;2*1-2/h6-9,15,18,20H,4-5,10-13H2,1-3H3;6-11H,2H2,1,3-5H3;2*1-2H3/b;9-6-,15-12+;;. The van der Waals surface area contributed by atoms with Gasteiger partial charge in [0.15, 0.2) is 0 Å². The van der Waals surface area contributed by atoms with Gasteiger partial charge in [0.05, 0.1) is 19.6 Å². The molecule has 1 amide bonds. The zero-order chi connectivity index (χ0) is 32.5. The lowest BCUT2D eigenvalue weighted by molar-refractivity contribution is -0.130. The first-order valence-electron chi connectivity index (χ1n) is 15.5. The fourth-order valence-electron chi connectivity index (χ4n) is 4.04. The first-order valence-corrected chi connectivity index (χ1v) is 15.5. The number of aliphatic hydroxyl groups excluding tert-OH is 1. The first-order chi connectivity index (χ1) is 20.2. The minimum absolute atomic E-state index is 0.116. The van der Waals surface area contributed by atoms with E-state index < -0.39 is 0 Å². The maximum absolute atomic E-state index is 12.3. The average Bonchev–Trinajstić information content (AvgIpc) is 3.02. The van der Waals surface area contributed by atoms with Gasteiger partial charge in [-0.2, -0.15) is 0 Å². The molecule has 0 aliphatic rings. The van der Waals surface area contributed by atoms with Gasteiger partial charge in [-0.25, -0.2) is 0 Å². The van der Waals surface area contributed by atoms with Crippen LogP contribution < -0.4 is 10.1 Å². The van der Waals surface area contributed by atoms with Crippen molar-refractivity contribution in [1.82, 2.24) is 10.2 Å². The van der Waals surface area contributed by atoms with E-state index in [9.17, 15) is 9.90 Å². The predicted octanol–water partition coefficient (Wildman–Crippen LogP) is 8.34. The van der Waals surface area contributed by atoms with Gasteiger partial charge in [0.25, 0.3) is 0 Å². The Hall–Kier alpha value is -3.15. The van der Waals surface area contributed by atoms with Crippen LogP contribution in [0, 0.1) is 13.8 Å². The molecule has 0 aliphatic carbocycles. The Morgan fingerprint density at radius 3 is 2.07 bits per heavy atom. The van der Waals surface area contributed by atoms with Crippen molar-refractivity contribution in [3.05, 3.63) is 95.1 Å². The fraction of sp³-hybridized carbons (Fsp3) is 0.486. The van der Waals surface area contributed by atoms with Crippen LogP contribution in [0.1, 0.15) is 84.1 Å². The number of hydrogen-bond acceptors (Lipinski definition) is 4. The van der Waals surface area contributed by atoms with Crippen molar-refractivity contribution < 1.29 is 14.6 Å². The van der Waals surface area contributed by atoms with E-state index in [1.54, 1.807) is 7.11 Å². The van der Waals surface area contributed by atoms with Crippen molar-refractivity contribution in [2.24, 2.45) is 0 Å². The number of aliphatic hydroxyl groups is 1.